The Morgan fingerprint density at radius 1 is 1.38 bits per heavy atom. The summed E-state index contributed by atoms with van der Waals surface area (Å²) in [7, 11) is 0. The zero-order valence-electron chi connectivity index (χ0n) is 14.2. The Balaban J connectivity index is 1.94. The van der Waals surface area contributed by atoms with Gasteiger partial charge in [-0.3, -0.25) is 9.59 Å². The number of fused-ring (bicyclic) bond motifs is 1. The van der Waals surface area contributed by atoms with Crippen molar-refractivity contribution in [2.75, 3.05) is 12.8 Å². The molecule has 2 aliphatic rings. The number of hydrogen-bond donors (Lipinski definition) is 1. The first kappa shape index (κ1) is 17.1. The van der Waals surface area contributed by atoms with Crippen LogP contribution in [0.1, 0.15) is 54.9 Å². The van der Waals surface area contributed by atoms with E-state index in [1.54, 1.807) is 6.26 Å². The number of nitriles is 1. The van der Waals surface area contributed by atoms with Gasteiger partial charge in [0.15, 0.2) is 0 Å². The molecule has 0 bridgehead atoms. The van der Waals surface area contributed by atoms with Crippen LogP contribution >= 0.6 is 11.8 Å². The maximum Gasteiger partial charge on any atom is 0.261 e. The molecule has 2 fully saturated rings. The summed E-state index contributed by atoms with van der Waals surface area (Å²) in [5.41, 5.74) is 0.0635. The van der Waals surface area contributed by atoms with Crippen molar-refractivity contribution in [3.8, 4) is 6.07 Å². The predicted octanol–water partition coefficient (Wildman–Crippen LogP) is 3.01. The molecule has 1 aromatic heterocycles. The molecule has 1 aliphatic carbocycles. The summed E-state index contributed by atoms with van der Waals surface area (Å²) < 4.78 is 0. The Kier molecular flexibility index (Phi) is 5.00. The summed E-state index contributed by atoms with van der Waals surface area (Å²) in [5, 5.41) is 9.78. The lowest BCUT2D eigenvalue weighted by Crippen LogP contribution is -2.53. The van der Waals surface area contributed by atoms with E-state index in [4.69, 9.17) is 0 Å². The van der Waals surface area contributed by atoms with Gasteiger partial charge in [0.1, 0.15) is 11.6 Å². The maximum absolute atomic E-state index is 13.0. The number of carbonyl (C=O) groups is 1. The number of piperidine rings is 1. The summed E-state index contributed by atoms with van der Waals surface area (Å²) in [6.45, 7) is 2.98. The van der Waals surface area contributed by atoms with Crippen molar-refractivity contribution in [3.63, 3.8) is 0 Å². The summed E-state index contributed by atoms with van der Waals surface area (Å²) in [6, 6.07) is 3.77. The second kappa shape index (κ2) is 7.02. The summed E-state index contributed by atoms with van der Waals surface area (Å²) in [4.78, 5) is 30.0. The Morgan fingerprint density at radius 3 is 2.83 bits per heavy atom. The molecule has 128 valence electrons. The summed E-state index contributed by atoms with van der Waals surface area (Å²) in [6.07, 6.45) is 7.34. The Labute approximate surface area is 146 Å². The number of hydrogen-bond acceptors (Lipinski definition) is 4. The van der Waals surface area contributed by atoms with E-state index in [1.165, 1.54) is 30.7 Å². The van der Waals surface area contributed by atoms with Crippen LogP contribution in [-0.4, -0.2) is 34.6 Å². The van der Waals surface area contributed by atoms with Crippen LogP contribution < -0.4 is 5.56 Å². The number of likely N-dealkylation sites (tertiary alicyclic amines) is 1. The molecule has 2 heterocycles. The van der Waals surface area contributed by atoms with E-state index in [1.807, 2.05) is 4.90 Å². The number of carbonyl (C=O) groups excluding carboxylic acids is 1. The van der Waals surface area contributed by atoms with Crippen molar-refractivity contribution in [1.29, 1.82) is 5.26 Å². The number of amides is 1. The standard InChI is InChI=1S/C18H23N3O2S/c1-11-7-8-21(15-6-4-3-5-13(11)15)18(23)14-9-12(10-19)17(24-2)20-16(14)22/h9,11,13,15H,3-8H2,1-2H3,(H,20,22)/t11-,13-,15+/m0/s1. The minimum absolute atomic E-state index is 0.100. The van der Waals surface area contributed by atoms with Crippen LogP contribution in [0.25, 0.3) is 0 Å². The highest BCUT2D eigenvalue weighted by molar-refractivity contribution is 7.98. The van der Waals surface area contributed by atoms with E-state index in [-0.39, 0.29) is 17.5 Å². The van der Waals surface area contributed by atoms with Gasteiger partial charge in [0, 0.05) is 12.6 Å². The number of H-pyrrole nitrogens is 1. The Morgan fingerprint density at radius 2 is 2.12 bits per heavy atom. The van der Waals surface area contributed by atoms with Crippen LogP contribution in [0.3, 0.4) is 0 Å². The quantitative estimate of drug-likeness (QED) is 0.836. The predicted molar refractivity (Wildman–Crippen MR) is 94.1 cm³/mol. The van der Waals surface area contributed by atoms with Crippen LogP contribution in [-0.2, 0) is 0 Å². The maximum atomic E-state index is 13.0. The minimum Gasteiger partial charge on any atom is -0.335 e. The normalized spacial score (nSPS) is 26.5. The third kappa shape index (κ3) is 2.98. The van der Waals surface area contributed by atoms with Crippen molar-refractivity contribution in [2.24, 2.45) is 11.8 Å². The van der Waals surface area contributed by atoms with Gasteiger partial charge in [0.2, 0.25) is 0 Å². The van der Waals surface area contributed by atoms with Crippen molar-refractivity contribution in [1.82, 2.24) is 9.88 Å². The summed E-state index contributed by atoms with van der Waals surface area (Å²) in [5.74, 6) is 0.951. The molecule has 1 saturated carbocycles. The van der Waals surface area contributed by atoms with E-state index in [2.05, 4.69) is 18.0 Å². The molecule has 6 heteroatoms. The second-order valence-electron chi connectivity index (χ2n) is 6.85. The number of aromatic amines is 1. The average molecular weight is 345 g/mol. The van der Waals surface area contributed by atoms with Gasteiger partial charge in [-0.1, -0.05) is 19.8 Å². The monoisotopic (exact) mass is 345 g/mol. The smallest absolute Gasteiger partial charge is 0.261 e. The first-order chi connectivity index (χ1) is 11.6. The molecule has 0 spiro atoms. The fourth-order valence-corrected chi connectivity index (χ4v) is 4.76. The highest BCUT2D eigenvalue weighted by atomic mass is 32.2. The number of nitrogens with zero attached hydrogens (tertiary/aromatic N) is 2. The van der Waals surface area contributed by atoms with Crippen molar-refractivity contribution in [3.05, 3.63) is 27.5 Å². The third-order valence-electron chi connectivity index (χ3n) is 5.56. The number of nitrogens with one attached hydrogen (secondary N) is 1. The van der Waals surface area contributed by atoms with Crippen LogP contribution in [0.15, 0.2) is 15.9 Å². The van der Waals surface area contributed by atoms with Crippen LogP contribution in [0.4, 0.5) is 0 Å². The Hall–Kier alpha value is -1.74. The largest absolute Gasteiger partial charge is 0.335 e. The lowest BCUT2D eigenvalue weighted by atomic mass is 9.72. The molecule has 1 N–H and O–H groups in total. The fraction of sp³-hybridized carbons (Fsp3) is 0.611. The molecular formula is C18H23N3O2S. The molecule has 0 radical (unpaired) electrons. The molecule has 24 heavy (non-hydrogen) atoms. The van der Waals surface area contributed by atoms with E-state index in [9.17, 15) is 14.9 Å². The first-order valence-corrected chi connectivity index (χ1v) is 9.81. The van der Waals surface area contributed by atoms with Crippen molar-refractivity contribution < 1.29 is 4.79 Å². The molecule has 1 saturated heterocycles. The van der Waals surface area contributed by atoms with E-state index in [0.29, 0.717) is 29.0 Å². The van der Waals surface area contributed by atoms with E-state index < -0.39 is 5.56 Å². The van der Waals surface area contributed by atoms with E-state index >= 15 is 0 Å². The van der Waals surface area contributed by atoms with Gasteiger partial charge in [-0.15, -0.1) is 11.8 Å². The average Bonchev–Trinajstić information content (AvgIpc) is 2.61. The highest BCUT2D eigenvalue weighted by Gasteiger charge is 2.40. The summed E-state index contributed by atoms with van der Waals surface area (Å²) >= 11 is 1.31. The fourth-order valence-electron chi connectivity index (χ4n) is 4.24. The van der Waals surface area contributed by atoms with Gasteiger partial charge < -0.3 is 9.88 Å². The van der Waals surface area contributed by atoms with Crippen LogP contribution in [0.5, 0.6) is 0 Å². The number of pyridine rings is 1. The van der Waals surface area contributed by atoms with Crippen LogP contribution in [0, 0.1) is 23.2 Å². The molecule has 0 aromatic carbocycles. The lowest BCUT2D eigenvalue weighted by Gasteiger charge is -2.47. The molecule has 3 atom stereocenters. The molecule has 3 rings (SSSR count). The molecule has 5 nitrogen and oxygen atoms in total. The van der Waals surface area contributed by atoms with Gasteiger partial charge in [-0.25, -0.2) is 0 Å². The first-order valence-electron chi connectivity index (χ1n) is 8.59. The van der Waals surface area contributed by atoms with Gasteiger partial charge in [0.25, 0.3) is 11.5 Å². The Bertz CT molecular complexity index is 737. The van der Waals surface area contributed by atoms with Gasteiger partial charge >= 0.3 is 0 Å². The molecule has 1 amide bonds. The number of thioether (sulfide) groups is 1. The molecular weight excluding hydrogens is 322 g/mol. The van der Waals surface area contributed by atoms with Crippen molar-refractivity contribution >= 4 is 17.7 Å². The zero-order valence-corrected chi connectivity index (χ0v) is 15.0. The molecule has 0 unspecified atom stereocenters. The SMILES string of the molecule is CSc1[nH]c(=O)c(C(=O)N2CC[C@H](C)[C@@H]3CCCC[C@H]32)cc1C#N. The highest BCUT2D eigenvalue weighted by Crippen LogP contribution is 2.39. The second-order valence-corrected chi connectivity index (χ2v) is 7.67. The van der Waals surface area contributed by atoms with Gasteiger partial charge in [-0.05, 0) is 43.4 Å². The lowest BCUT2D eigenvalue weighted by molar-refractivity contribution is 0.0216. The minimum atomic E-state index is -0.394. The van der Waals surface area contributed by atoms with E-state index in [0.717, 1.165) is 19.3 Å². The zero-order chi connectivity index (χ0) is 17.3. The molecule has 1 aromatic rings. The van der Waals surface area contributed by atoms with Crippen LogP contribution in [0.2, 0.25) is 0 Å². The van der Waals surface area contributed by atoms with Crippen molar-refractivity contribution in [2.45, 2.75) is 50.1 Å². The third-order valence-corrected chi connectivity index (χ3v) is 6.29. The number of aromatic nitrogens is 1. The van der Waals surface area contributed by atoms with Gasteiger partial charge in [-0.2, -0.15) is 5.26 Å². The van der Waals surface area contributed by atoms with Gasteiger partial charge in [0.05, 0.1) is 10.6 Å². The topological polar surface area (TPSA) is 77.0 Å². The molecule has 1 aliphatic heterocycles. The number of rotatable bonds is 2.